The highest BCUT2D eigenvalue weighted by Crippen LogP contribution is 2.32. The SMILES string of the molecule is CN(Cc1ccc2c(c1)OCO2)C(=O)CC1CCCN1. The molecule has 1 unspecified atom stereocenters. The van der Waals surface area contributed by atoms with Gasteiger partial charge in [0.05, 0.1) is 0 Å². The van der Waals surface area contributed by atoms with Crippen molar-refractivity contribution < 1.29 is 14.3 Å². The topological polar surface area (TPSA) is 50.8 Å². The van der Waals surface area contributed by atoms with Crippen LogP contribution in [0.15, 0.2) is 18.2 Å². The zero-order valence-corrected chi connectivity index (χ0v) is 11.7. The quantitative estimate of drug-likeness (QED) is 0.906. The number of rotatable bonds is 4. The molecule has 1 aromatic carbocycles. The fourth-order valence-corrected chi connectivity index (χ4v) is 2.70. The lowest BCUT2D eigenvalue weighted by Crippen LogP contribution is -2.33. The Morgan fingerprint density at radius 1 is 1.40 bits per heavy atom. The van der Waals surface area contributed by atoms with Crippen LogP contribution < -0.4 is 14.8 Å². The van der Waals surface area contributed by atoms with Crippen molar-refractivity contribution in [3.8, 4) is 11.5 Å². The molecule has 108 valence electrons. The van der Waals surface area contributed by atoms with Gasteiger partial charge in [-0.2, -0.15) is 0 Å². The summed E-state index contributed by atoms with van der Waals surface area (Å²) in [6.45, 7) is 1.91. The smallest absolute Gasteiger partial charge is 0.231 e. The predicted octanol–water partition coefficient (Wildman–Crippen LogP) is 1.52. The van der Waals surface area contributed by atoms with Crippen LogP contribution in [0.5, 0.6) is 11.5 Å². The molecule has 1 N–H and O–H groups in total. The van der Waals surface area contributed by atoms with Gasteiger partial charge in [0.1, 0.15) is 0 Å². The second-order valence-electron chi connectivity index (χ2n) is 5.43. The maximum atomic E-state index is 12.2. The molecular weight excluding hydrogens is 256 g/mol. The largest absolute Gasteiger partial charge is 0.454 e. The van der Waals surface area contributed by atoms with Gasteiger partial charge >= 0.3 is 0 Å². The fraction of sp³-hybridized carbons (Fsp3) is 0.533. The first kappa shape index (κ1) is 13.2. The number of fused-ring (bicyclic) bond motifs is 1. The molecule has 1 saturated heterocycles. The van der Waals surface area contributed by atoms with E-state index in [1.54, 1.807) is 4.90 Å². The summed E-state index contributed by atoms with van der Waals surface area (Å²) in [5.74, 6) is 1.72. The number of hydrogen-bond acceptors (Lipinski definition) is 4. The monoisotopic (exact) mass is 276 g/mol. The first-order valence-corrected chi connectivity index (χ1v) is 7.08. The molecule has 5 nitrogen and oxygen atoms in total. The van der Waals surface area contributed by atoms with E-state index in [4.69, 9.17) is 9.47 Å². The van der Waals surface area contributed by atoms with Crippen molar-refractivity contribution >= 4 is 5.91 Å². The normalized spacial score (nSPS) is 20.1. The maximum absolute atomic E-state index is 12.2. The summed E-state index contributed by atoms with van der Waals surface area (Å²) in [7, 11) is 1.85. The lowest BCUT2D eigenvalue weighted by molar-refractivity contribution is -0.130. The van der Waals surface area contributed by atoms with Crippen molar-refractivity contribution in [2.24, 2.45) is 0 Å². The van der Waals surface area contributed by atoms with Gasteiger partial charge in [0.2, 0.25) is 12.7 Å². The molecule has 20 heavy (non-hydrogen) atoms. The Bertz CT molecular complexity index is 498. The van der Waals surface area contributed by atoms with Crippen LogP contribution >= 0.6 is 0 Å². The number of carbonyl (C=O) groups is 1. The van der Waals surface area contributed by atoms with Crippen molar-refractivity contribution in [2.75, 3.05) is 20.4 Å². The Balaban J connectivity index is 1.57. The van der Waals surface area contributed by atoms with Gasteiger partial charge in [0.25, 0.3) is 0 Å². The Morgan fingerprint density at radius 3 is 3.05 bits per heavy atom. The number of ether oxygens (including phenoxy) is 2. The van der Waals surface area contributed by atoms with Crippen LogP contribution in [0.4, 0.5) is 0 Å². The van der Waals surface area contributed by atoms with E-state index in [2.05, 4.69) is 5.32 Å². The van der Waals surface area contributed by atoms with Crippen LogP contribution in [-0.4, -0.2) is 37.2 Å². The van der Waals surface area contributed by atoms with Crippen molar-refractivity contribution in [2.45, 2.75) is 31.8 Å². The average Bonchev–Trinajstić information content (AvgIpc) is 3.08. The van der Waals surface area contributed by atoms with Crippen LogP contribution in [0.1, 0.15) is 24.8 Å². The molecule has 1 amide bonds. The van der Waals surface area contributed by atoms with Crippen LogP contribution in [0, 0.1) is 0 Å². The van der Waals surface area contributed by atoms with E-state index in [-0.39, 0.29) is 12.7 Å². The summed E-state index contributed by atoms with van der Waals surface area (Å²) < 4.78 is 10.6. The van der Waals surface area contributed by atoms with E-state index in [1.807, 2.05) is 25.2 Å². The summed E-state index contributed by atoms with van der Waals surface area (Å²) in [6.07, 6.45) is 2.86. The first-order valence-electron chi connectivity index (χ1n) is 7.08. The van der Waals surface area contributed by atoms with E-state index in [0.29, 0.717) is 19.0 Å². The number of nitrogens with zero attached hydrogens (tertiary/aromatic N) is 1. The second kappa shape index (κ2) is 5.71. The predicted molar refractivity (Wildman–Crippen MR) is 74.7 cm³/mol. The third-order valence-electron chi connectivity index (χ3n) is 3.87. The van der Waals surface area contributed by atoms with Gasteiger partial charge in [-0.1, -0.05) is 6.07 Å². The summed E-state index contributed by atoms with van der Waals surface area (Å²) in [5, 5.41) is 3.36. The molecule has 0 saturated carbocycles. The highest BCUT2D eigenvalue weighted by atomic mass is 16.7. The molecule has 2 heterocycles. The van der Waals surface area contributed by atoms with Gasteiger partial charge in [-0.3, -0.25) is 4.79 Å². The van der Waals surface area contributed by atoms with Gasteiger partial charge in [0.15, 0.2) is 11.5 Å². The zero-order valence-electron chi connectivity index (χ0n) is 11.7. The van der Waals surface area contributed by atoms with Crippen molar-refractivity contribution in [1.82, 2.24) is 10.2 Å². The van der Waals surface area contributed by atoms with E-state index >= 15 is 0 Å². The van der Waals surface area contributed by atoms with Crippen LogP contribution in [-0.2, 0) is 11.3 Å². The minimum atomic E-state index is 0.182. The molecule has 0 bridgehead atoms. The number of hydrogen-bond donors (Lipinski definition) is 1. The van der Waals surface area contributed by atoms with E-state index < -0.39 is 0 Å². The standard InChI is InChI=1S/C15H20N2O3/c1-17(15(18)8-12-3-2-6-16-12)9-11-4-5-13-14(7-11)20-10-19-13/h4-5,7,12,16H,2-3,6,8-10H2,1H3. The van der Waals surface area contributed by atoms with E-state index in [0.717, 1.165) is 30.0 Å². The van der Waals surface area contributed by atoms with E-state index in [1.165, 1.54) is 6.42 Å². The van der Waals surface area contributed by atoms with Gasteiger partial charge in [0, 0.05) is 26.1 Å². The van der Waals surface area contributed by atoms with E-state index in [9.17, 15) is 4.79 Å². The highest BCUT2D eigenvalue weighted by Gasteiger charge is 2.20. The molecule has 0 aromatic heterocycles. The fourth-order valence-electron chi connectivity index (χ4n) is 2.70. The Kier molecular flexibility index (Phi) is 3.78. The summed E-state index contributed by atoms with van der Waals surface area (Å²) in [5.41, 5.74) is 1.06. The average molecular weight is 276 g/mol. The maximum Gasteiger partial charge on any atom is 0.231 e. The Hall–Kier alpha value is -1.75. The molecule has 1 aromatic rings. The molecule has 0 radical (unpaired) electrons. The van der Waals surface area contributed by atoms with Crippen molar-refractivity contribution in [3.05, 3.63) is 23.8 Å². The Labute approximate surface area is 118 Å². The molecule has 0 aliphatic carbocycles. The summed E-state index contributed by atoms with van der Waals surface area (Å²) in [4.78, 5) is 13.9. The molecule has 0 spiro atoms. The molecule has 3 rings (SSSR count). The van der Waals surface area contributed by atoms with Gasteiger partial charge in [-0.15, -0.1) is 0 Å². The third kappa shape index (κ3) is 2.88. The third-order valence-corrected chi connectivity index (χ3v) is 3.87. The summed E-state index contributed by atoms with van der Waals surface area (Å²) in [6, 6.07) is 6.17. The summed E-state index contributed by atoms with van der Waals surface area (Å²) >= 11 is 0. The number of amides is 1. The number of benzene rings is 1. The van der Waals surface area contributed by atoms with Gasteiger partial charge < -0.3 is 19.7 Å². The molecule has 2 aliphatic heterocycles. The van der Waals surface area contributed by atoms with Crippen LogP contribution in [0.2, 0.25) is 0 Å². The Morgan fingerprint density at radius 2 is 2.25 bits per heavy atom. The second-order valence-corrected chi connectivity index (χ2v) is 5.43. The molecule has 1 atom stereocenters. The lowest BCUT2D eigenvalue weighted by atomic mass is 10.1. The molecule has 5 heteroatoms. The van der Waals surface area contributed by atoms with Gasteiger partial charge in [-0.05, 0) is 37.1 Å². The van der Waals surface area contributed by atoms with Gasteiger partial charge in [-0.25, -0.2) is 0 Å². The number of carbonyl (C=O) groups excluding carboxylic acids is 1. The molecule has 1 fully saturated rings. The highest BCUT2D eigenvalue weighted by molar-refractivity contribution is 5.76. The van der Waals surface area contributed by atoms with Crippen LogP contribution in [0.3, 0.4) is 0 Å². The molecular formula is C15H20N2O3. The first-order chi connectivity index (χ1) is 9.72. The molecule has 2 aliphatic rings. The van der Waals surface area contributed by atoms with Crippen LogP contribution in [0.25, 0.3) is 0 Å². The van der Waals surface area contributed by atoms with Crippen molar-refractivity contribution in [1.29, 1.82) is 0 Å². The minimum absolute atomic E-state index is 0.182. The minimum Gasteiger partial charge on any atom is -0.454 e. The number of nitrogens with one attached hydrogen (secondary N) is 1. The zero-order chi connectivity index (χ0) is 13.9. The van der Waals surface area contributed by atoms with Crippen molar-refractivity contribution in [3.63, 3.8) is 0 Å². The lowest BCUT2D eigenvalue weighted by Gasteiger charge is -2.19.